The van der Waals surface area contributed by atoms with E-state index in [1.165, 1.54) is 6.92 Å². The van der Waals surface area contributed by atoms with Gasteiger partial charge in [0, 0.05) is 18.4 Å². The lowest BCUT2D eigenvalue weighted by Gasteiger charge is -2.18. The third-order valence-corrected chi connectivity index (χ3v) is 2.84. The quantitative estimate of drug-likeness (QED) is 0.686. The fraction of sp³-hybridized carbons (Fsp3) is 0.625. The number of carbonyl (C=O) groups is 1. The van der Waals surface area contributed by atoms with Gasteiger partial charge in [-0.1, -0.05) is 5.16 Å². The summed E-state index contributed by atoms with van der Waals surface area (Å²) < 4.78 is 10.2. The summed E-state index contributed by atoms with van der Waals surface area (Å²) in [4.78, 5) is 14.9. The molecule has 1 aromatic heterocycles. The second kappa shape index (κ2) is 4.10. The van der Waals surface area contributed by atoms with E-state index in [1.54, 1.807) is 11.8 Å². The molecule has 0 aliphatic carbocycles. The third kappa shape index (κ3) is 1.96. The van der Waals surface area contributed by atoms with E-state index >= 15 is 0 Å². The average molecular weight is 214 g/mol. The van der Waals surface area contributed by atoms with Crippen molar-refractivity contribution in [1.29, 1.82) is 0 Å². The standard InChI is InChI=1S/C8H10N2O3S/c1-5(11)8-9-7(10-13-8)6-4-14-3-2-12-6/h6H,2-4H2,1H3. The van der Waals surface area contributed by atoms with Crippen molar-refractivity contribution in [1.82, 2.24) is 10.1 Å². The van der Waals surface area contributed by atoms with Gasteiger partial charge in [-0.25, -0.2) is 0 Å². The van der Waals surface area contributed by atoms with Crippen LogP contribution in [-0.2, 0) is 4.74 Å². The van der Waals surface area contributed by atoms with Crippen LogP contribution in [0.1, 0.15) is 29.5 Å². The molecule has 1 aliphatic heterocycles. The lowest BCUT2D eigenvalue weighted by molar-refractivity contribution is 0.0677. The Bertz CT molecular complexity index is 333. The van der Waals surface area contributed by atoms with Crippen molar-refractivity contribution in [2.24, 2.45) is 0 Å². The maximum atomic E-state index is 10.9. The number of carbonyl (C=O) groups excluding carboxylic acids is 1. The summed E-state index contributed by atoms with van der Waals surface area (Å²) >= 11 is 1.78. The monoisotopic (exact) mass is 214 g/mol. The molecule has 1 aliphatic rings. The number of aromatic nitrogens is 2. The lowest BCUT2D eigenvalue weighted by atomic mass is 10.4. The van der Waals surface area contributed by atoms with Gasteiger partial charge in [-0.15, -0.1) is 0 Å². The SMILES string of the molecule is CC(=O)c1nc(C2CSCCO2)no1. The van der Waals surface area contributed by atoms with E-state index in [1.807, 2.05) is 0 Å². The minimum Gasteiger partial charge on any atom is -0.368 e. The van der Waals surface area contributed by atoms with Crippen LogP contribution in [0.2, 0.25) is 0 Å². The highest BCUT2D eigenvalue weighted by molar-refractivity contribution is 7.99. The zero-order valence-corrected chi connectivity index (χ0v) is 8.54. The van der Waals surface area contributed by atoms with Gasteiger partial charge in [0.2, 0.25) is 11.6 Å². The molecule has 2 rings (SSSR count). The van der Waals surface area contributed by atoms with E-state index in [2.05, 4.69) is 10.1 Å². The smallest absolute Gasteiger partial charge is 0.293 e. The van der Waals surface area contributed by atoms with Crippen molar-refractivity contribution < 1.29 is 14.1 Å². The summed E-state index contributed by atoms with van der Waals surface area (Å²) in [5.74, 6) is 2.12. The van der Waals surface area contributed by atoms with E-state index in [-0.39, 0.29) is 17.8 Å². The number of hydrogen-bond acceptors (Lipinski definition) is 6. The van der Waals surface area contributed by atoms with Gasteiger partial charge in [0.1, 0.15) is 6.10 Å². The highest BCUT2D eigenvalue weighted by Crippen LogP contribution is 2.24. The molecule has 0 amide bonds. The first-order valence-corrected chi connectivity index (χ1v) is 5.46. The van der Waals surface area contributed by atoms with Crippen LogP contribution in [0.4, 0.5) is 0 Å². The topological polar surface area (TPSA) is 65.2 Å². The number of Topliss-reactive ketones (excluding diaryl/α,β-unsaturated/α-hetero) is 1. The average Bonchev–Trinajstić information content (AvgIpc) is 2.68. The van der Waals surface area contributed by atoms with Crippen molar-refractivity contribution in [2.45, 2.75) is 13.0 Å². The Morgan fingerprint density at radius 2 is 2.50 bits per heavy atom. The summed E-state index contributed by atoms with van der Waals surface area (Å²) in [6, 6.07) is 0. The van der Waals surface area contributed by atoms with E-state index in [9.17, 15) is 4.79 Å². The van der Waals surface area contributed by atoms with Crippen molar-refractivity contribution in [3.05, 3.63) is 11.7 Å². The first-order valence-electron chi connectivity index (χ1n) is 4.31. The van der Waals surface area contributed by atoms with Crippen molar-refractivity contribution in [3.8, 4) is 0 Å². The summed E-state index contributed by atoms with van der Waals surface area (Å²) in [5.41, 5.74) is 0. The maximum Gasteiger partial charge on any atom is 0.293 e. The lowest BCUT2D eigenvalue weighted by Crippen LogP contribution is -2.16. The fourth-order valence-electron chi connectivity index (χ4n) is 1.15. The normalized spacial score (nSPS) is 22.2. The van der Waals surface area contributed by atoms with E-state index < -0.39 is 0 Å². The Labute approximate surface area is 85.2 Å². The molecule has 0 aromatic carbocycles. The van der Waals surface area contributed by atoms with Crippen LogP contribution in [0.3, 0.4) is 0 Å². The molecule has 1 aromatic rings. The first-order chi connectivity index (χ1) is 6.77. The van der Waals surface area contributed by atoms with E-state index in [4.69, 9.17) is 9.26 Å². The molecule has 0 bridgehead atoms. The molecule has 76 valence electrons. The summed E-state index contributed by atoms with van der Waals surface area (Å²) in [7, 11) is 0. The summed E-state index contributed by atoms with van der Waals surface area (Å²) in [6.07, 6.45) is -0.134. The molecular formula is C8H10N2O3S. The van der Waals surface area contributed by atoms with Crippen LogP contribution in [-0.4, -0.2) is 34.0 Å². The molecule has 14 heavy (non-hydrogen) atoms. The molecule has 1 atom stereocenters. The van der Waals surface area contributed by atoms with Crippen molar-refractivity contribution in [3.63, 3.8) is 0 Å². The van der Waals surface area contributed by atoms with Crippen molar-refractivity contribution in [2.75, 3.05) is 18.1 Å². The fourth-order valence-corrected chi connectivity index (χ4v) is 1.99. The predicted molar refractivity (Wildman–Crippen MR) is 50.3 cm³/mol. The van der Waals surface area contributed by atoms with Gasteiger partial charge in [0.15, 0.2) is 0 Å². The molecule has 0 saturated carbocycles. The number of ketones is 1. The first kappa shape index (κ1) is 9.67. The highest BCUT2D eigenvalue weighted by Gasteiger charge is 2.22. The van der Waals surface area contributed by atoms with Crippen LogP contribution in [0, 0.1) is 0 Å². The van der Waals surface area contributed by atoms with Crippen LogP contribution in [0.5, 0.6) is 0 Å². The third-order valence-electron chi connectivity index (χ3n) is 1.85. The Balaban J connectivity index is 2.11. The zero-order chi connectivity index (χ0) is 9.97. The van der Waals surface area contributed by atoms with E-state index in [0.717, 1.165) is 11.5 Å². The Morgan fingerprint density at radius 3 is 3.07 bits per heavy atom. The van der Waals surface area contributed by atoms with Crippen LogP contribution >= 0.6 is 11.8 Å². The van der Waals surface area contributed by atoms with Gasteiger partial charge in [0.25, 0.3) is 5.89 Å². The molecule has 2 heterocycles. The predicted octanol–water partition coefficient (Wildman–Crippen LogP) is 1.08. The summed E-state index contributed by atoms with van der Waals surface area (Å²) in [6.45, 7) is 2.09. The Hall–Kier alpha value is -0.880. The molecule has 1 saturated heterocycles. The van der Waals surface area contributed by atoms with E-state index in [0.29, 0.717) is 12.4 Å². The minimum absolute atomic E-state index is 0.0548. The Morgan fingerprint density at radius 1 is 1.64 bits per heavy atom. The van der Waals surface area contributed by atoms with Crippen LogP contribution < -0.4 is 0 Å². The maximum absolute atomic E-state index is 10.9. The van der Waals surface area contributed by atoms with Gasteiger partial charge in [-0.2, -0.15) is 16.7 Å². The molecule has 1 fully saturated rings. The number of rotatable bonds is 2. The highest BCUT2D eigenvalue weighted by atomic mass is 32.2. The van der Waals surface area contributed by atoms with Gasteiger partial charge >= 0.3 is 0 Å². The van der Waals surface area contributed by atoms with Crippen molar-refractivity contribution >= 4 is 17.5 Å². The minimum atomic E-state index is -0.216. The number of ether oxygens (including phenoxy) is 1. The molecule has 5 nitrogen and oxygen atoms in total. The van der Waals surface area contributed by atoms with Gasteiger partial charge in [-0.05, 0) is 0 Å². The zero-order valence-electron chi connectivity index (χ0n) is 7.73. The van der Waals surface area contributed by atoms with Gasteiger partial charge in [-0.3, -0.25) is 4.79 Å². The number of thioether (sulfide) groups is 1. The summed E-state index contributed by atoms with van der Waals surface area (Å²) in [5, 5.41) is 3.72. The van der Waals surface area contributed by atoms with Crippen LogP contribution in [0.15, 0.2) is 4.52 Å². The number of nitrogens with zero attached hydrogens (tertiary/aromatic N) is 2. The largest absolute Gasteiger partial charge is 0.368 e. The van der Waals surface area contributed by atoms with Crippen LogP contribution in [0.25, 0.3) is 0 Å². The Kier molecular flexibility index (Phi) is 2.83. The molecule has 1 unspecified atom stereocenters. The number of hydrogen-bond donors (Lipinski definition) is 0. The molecule has 0 spiro atoms. The molecular weight excluding hydrogens is 204 g/mol. The van der Waals surface area contributed by atoms with Gasteiger partial charge < -0.3 is 9.26 Å². The molecule has 6 heteroatoms. The second-order valence-corrected chi connectivity index (χ2v) is 4.10. The second-order valence-electron chi connectivity index (χ2n) is 2.95. The molecule has 0 radical (unpaired) electrons. The molecule has 0 N–H and O–H groups in total. The van der Waals surface area contributed by atoms with Gasteiger partial charge in [0.05, 0.1) is 6.61 Å².